The van der Waals surface area contributed by atoms with E-state index in [-0.39, 0.29) is 29.8 Å². The van der Waals surface area contributed by atoms with Gasteiger partial charge >= 0.3 is 5.97 Å². The molecule has 0 spiro atoms. The van der Waals surface area contributed by atoms with Gasteiger partial charge in [-0.3, -0.25) is 14.5 Å². The Morgan fingerprint density at radius 2 is 2.07 bits per heavy atom. The quantitative estimate of drug-likeness (QED) is 0.361. The lowest BCUT2D eigenvalue weighted by atomic mass is 10.1. The number of oxazole rings is 1. The average molecular weight is 394 g/mol. The SMILES string of the molecule is C=CCN1C(=O)c2ccc(C(=O)OCc3coc(-c4cccs4)n3)cc2C1=O. The molecule has 0 unspecified atom stereocenters. The van der Waals surface area contributed by atoms with Crippen molar-refractivity contribution in [3.05, 3.63) is 77.0 Å². The highest BCUT2D eigenvalue weighted by Crippen LogP contribution is 2.25. The van der Waals surface area contributed by atoms with Crippen molar-refractivity contribution in [3.8, 4) is 10.8 Å². The van der Waals surface area contributed by atoms with Gasteiger partial charge in [0, 0.05) is 6.54 Å². The van der Waals surface area contributed by atoms with Crippen LogP contribution in [0.3, 0.4) is 0 Å². The number of fused-ring (bicyclic) bond motifs is 1. The third-order valence-electron chi connectivity index (χ3n) is 4.15. The van der Waals surface area contributed by atoms with Gasteiger partial charge in [-0.15, -0.1) is 17.9 Å². The summed E-state index contributed by atoms with van der Waals surface area (Å²) in [6.07, 6.45) is 2.90. The normalized spacial score (nSPS) is 12.9. The zero-order valence-corrected chi connectivity index (χ0v) is 15.4. The first-order valence-corrected chi connectivity index (χ1v) is 9.23. The summed E-state index contributed by atoms with van der Waals surface area (Å²) in [5.74, 6) is -1.01. The molecule has 1 aliphatic rings. The monoisotopic (exact) mass is 394 g/mol. The molecule has 0 saturated carbocycles. The second-order valence-electron chi connectivity index (χ2n) is 5.97. The Hall–Kier alpha value is -3.52. The molecular formula is C20H14N2O5S. The highest BCUT2D eigenvalue weighted by molar-refractivity contribution is 7.13. The van der Waals surface area contributed by atoms with E-state index in [4.69, 9.17) is 9.15 Å². The summed E-state index contributed by atoms with van der Waals surface area (Å²) < 4.78 is 10.6. The van der Waals surface area contributed by atoms with Crippen LogP contribution in [0.25, 0.3) is 10.8 Å². The van der Waals surface area contributed by atoms with Gasteiger partial charge in [-0.05, 0) is 29.6 Å². The van der Waals surface area contributed by atoms with Gasteiger partial charge in [0.05, 0.1) is 21.6 Å². The number of amides is 2. The molecule has 0 atom stereocenters. The third kappa shape index (κ3) is 3.14. The second-order valence-corrected chi connectivity index (χ2v) is 6.92. The smallest absolute Gasteiger partial charge is 0.338 e. The van der Waals surface area contributed by atoms with Crippen LogP contribution in [0, 0.1) is 0 Å². The molecule has 8 heteroatoms. The van der Waals surface area contributed by atoms with Crippen molar-refractivity contribution < 1.29 is 23.5 Å². The van der Waals surface area contributed by atoms with Gasteiger partial charge < -0.3 is 9.15 Å². The highest BCUT2D eigenvalue weighted by Gasteiger charge is 2.35. The summed E-state index contributed by atoms with van der Waals surface area (Å²) in [7, 11) is 0. The number of thiophene rings is 1. The fourth-order valence-electron chi connectivity index (χ4n) is 2.82. The predicted molar refractivity (Wildman–Crippen MR) is 101 cm³/mol. The lowest BCUT2D eigenvalue weighted by molar-refractivity contribution is 0.0467. The molecule has 1 aromatic carbocycles. The van der Waals surface area contributed by atoms with Crippen LogP contribution < -0.4 is 0 Å². The van der Waals surface area contributed by atoms with Crippen LogP contribution in [-0.2, 0) is 11.3 Å². The molecule has 3 heterocycles. The molecule has 0 N–H and O–H groups in total. The largest absolute Gasteiger partial charge is 0.455 e. The summed E-state index contributed by atoms with van der Waals surface area (Å²) in [5.41, 5.74) is 1.10. The standard InChI is InChI=1S/C20H14N2O5S/c1-2-7-22-18(23)14-6-5-12(9-15(14)19(22)24)20(25)27-11-13-10-26-17(21-13)16-4-3-8-28-16/h2-6,8-10H,1,7,11H2. The van der Waals surface area contributed by atoms with Gasteiger partial charge in [0.2, 0.25) is 5.89 Å². The molecule has 2 amide bonds. The van der Waals surface area contributed by atoms with E-state index < -0.39 is 17.8 Å². The molecule has 4 rings (SSSR count). The van der Waals surface area contributed by atoms with E-state index >= 15 is 0 Å². The van der Waals surface area contributed by atoms with Crippen LogP contribution in [-0.4, -0.2) is 34.2 Å². The Kier molecular flexibility index (Phi) is 4.62. The molecule has 1 aliphatic heterocycles. The van der Waals surface area contributed by atoms with Crippen LogP contribution in [0.5, 0.6) is 0 Å². The van der Waals surface area contributed by atoms with Crippen molar-refractivity contribution in [3.63, 3.8) is 0 Å². The van der Waals surface area contributed by atoms with Crippen molar-refractivity contribution in [2.45, 2.75) is 6.61 Å². The van der Waals surface area contributed by atoms with Gasteiger partial charge in [0.15, 0.2) is 0 Å². The van der Waals surface area contributed by atoms with E-state index in [0.717, 1.165) is 9.78 Å². The fourth-order valence-corrected chi connectivity index (χ4v) is 3.48. The van der Waals surface area contributed by atoms with Crippen LogP contribution in [0.2, 0.25) is 0 Å². The third-order valence-corrected chi connectivity index (χ3v) is 5.01. The Balaban J connectivity index is 1.46. The minimum absolute atomic E-state index is 0.0692. The Morgan fingerprint density at radius 3 is 2.82 bits per heavy atom. The number of hydrogen-bond acceptors (Lipinski definition) is 7. The predicted octanol–water partition coefficient (Wildman–Crippen LogP) is 3.54. The molecule has 0 saturated heterocycles. The maximum Gasteiger partial charge on any atom is 0.338 e. The minimum Gasteiger partial charge on any atom is -0.455 e. The van der Waals surface area contributed by atoms with E-state index in [1.807, 2.05) is 17.5 Å². The molecule has 0 bridgehead atoms. The number of esters is 1. The maximum atomic E-state index is 12.4. The van der Waals surface area contributed by atoms with E-state index in [1.54, 1.807) is 0 Å². The second kappa shape index (κ2) is 7.24. The summed E-state index contributed by atoms with van der Waals surface area (Å²) in [6.45, 7) is 3.59. The molecule has 0 radical (unpaired) electrons. The van der Waals surface area contributed by atoms with Crippen LogP contribution >= 0.6 is 11.3 Å². The Bertz CT molecular complexity index is 1080. The Labute approximate surface area is 163 Å². The highest BCUT2D eigenvalue weighted by atomic mass is 32.1. The number of nitrogens with zero attached hydrogens (tertiary/aromatic N) is 2. The number of ether oxygens (including phenoxy) is 1. The van der Waals surface area contributed by atoms with E-state index in [0.29, 0.717) is 11.6 Å². The minimum atomic E-state index is -0.620. The molecule has 28 heavy (non-hydrogen) atoms. The van der Waals surface area contributed by atoms with Crippen molar-refractivity contribution in [2.75, 3.05) is 6.54 Å². The molecular weight excluding hydrogens is 380 g/mol. The van der Waals surface area contributed by atoms with Gasteiger partial charge in [0.25, 0.3) is 11.8 Å². The number of rotatable bonds is 6. The number of aromatic nitrogens is 1. The van der Waals surface area contributed by atoms with E-state index in [1.165, 1.54) is 41.9 Å². The van der Waals surface area contributed by atoms with Crippen molar-refractivity contribution in [2.24, 2.45) is 0 Å². The van der Waals surface area contributed by atoms with Crippen LogP contribution in [0.4, 0.5) is 0 Å². The molecule has 2 aromatic heterocycles. The zero-order valence-electron chi connectivity index (χ0n) is 14.6. The number of carbonyl (C=O) groups is 3. The number of carbonyl (C=O) groups excluding carboxylic acids is 3. The average Bonchev–Trinajstić information content (AvgIpc) is 3.43. The maximum absolute atomic E-state index is 12.4. The Morgan fingerprint density at radius 1 is 1.25 bits per heavy atom. The van der Waals surface area contributed by atoms with Crippen LogP contribution in [0.1, 0.15) is 36.8 Å². The number of hydrogen-bond donors (Lipinski definition) is 0. The fraction of sp³-hybridized carbons (Fsp3) is 0.100. The van der Waals surface area contributed by atoms with Gasteiger partial charge in [0.1, 0.15) is 18.6 Å². The molecule has 140 valence electrons. The lowest BCUT2D eigenvalue weighted by Gasteiger charge is -2.09. The zero-order chi connectivity index (χ0) is 19.7. The molecule has 0 aliphatic carbocycles. The first kappa shape index (κ1) is 17.9. The summed E-state index contributed by atoms with van der Waals surface area (Å²) >= 11 is 1.49. The summed E-state index contributed by atoms with van der Waals surface area (Å²) in [5, 5.41) is 1.91. The van der Waals surface area contributed by atoms with E-state index in [2.05, 4.69) is 11.6 Å². The lowest BCUT2D eigenvalue weighted by Crippen LogP contribution is -2.29. The van der Waals surface area contributed by atoms with Gasteiger partial charge in [-0.25, -0.2) is 9.78 Å². The van der Waals surface area contributed by atoms with Crippen LogP contribution in [0.15, 0.2) is 59.0 Å². The molecule has 3 aromatic rings. The summed E-state index contributed by atoms with van der Waals surface area (Å²) in [6, 6.07) is 8.06. The first-order valence-electron chi connectivity index (χ1n) is 8.35. The van der Waals surface area contributed by atoms with Gasteiger partial charge in [-0.1, -0.05) is 12.1 Å². The van der Waals surface area contributed by atoms with Crippen molar-refractivity contribution in [1.29, 1.82) is 0 Å². The number of benzene rings is 1. The van der Waals surface area contributed by atoms with Gasteiger partial charge in [-0.2, -0.15) is 0 Å². The molecule has 7 nitrogen and oxygen atoms in total. The first-order chi connectivity index (χ1) is 13.6. The van der Waals surface area contributed by atoms with E-state index in [9.17, 15) is 14.4 Å². The summed E-state index contributed by atoms with van der Waals surface area (Å²) in [4.78, 5) is 43.1. The van der Waals surface area contributed by atoms with Crippen molar-refractivity contribution in [1.82, 2.24) is 9.88 Å². The number of imide groups is 1. The molecule has 0 fully saturated rings. The van der Waals surface area contributed by atoms with Crippen molar-refractivity contribution >= 4 is 29.1 Å². The topological polar surface area (TPSA) is 89.7 Å².